The highest BCUT2D eigenvalue weighted by molar-refractivity contribution is 7.88. The fourth-order valence-corrected chi connectivity index (χ4v) is 4.96. The number of nitrogens with one attached hydrogen (secondary N) is 1. The van der Waals surface area contributed by atoms with Gasteiger partial charge in [-0.3, -0.25) is 4.90 Å². The maximum Gasteiger partial charge on any atom is 0.215 e. The van der Waals surface area contributed by atoms with Crippen molar-refractivity contribution in [3.05, 3.63) is 64.4 Å². The summed E-state index contributed by atoms with van der Waals surface area (Å²) in [6.07, 6.45) is 2.00. The van der Waals surface area contributed by atoms with Crippen LogP contribution in [0.1, 0.15) is 30.0 Å². The molecule has 152 valence electrons. The topological polar surface area (TPSA) is 58.6 Å². The molecule has 0 spiro atoms. The fourth-order valence-electron chi connectivity index (χ4n) is 3.53. The van der Waals surface area contributed by atoms with Gasteiger partial charge in [0.05, 0.1) is 18.9 Å². The molecule has 28 heavy (non-hydrogen) atoms. The molecule has 0 radical (unpaired) electrons. The Morgan fingerprint density at radius 1 is 1.21 bits per heavy atom. The van der Waals surface area contributed by atoms with Crippen molar-refractivity contribution in [1.82, 2.24) is 9.62 Å². The summed E-state index contributed by atoms with van der Waals surface area (Å²) in [5, 5.41) is 0.309. The highest BCUT2D eigenvalue weighted by Gasteiger charge is 2.29. The van der Waals surface area contributed by atoms with Gasteiger partial charge in [0.15, 0.2) is 0 Å². The summed E-state index contributed by atoms with van der Waals surface area (Å²) in [6, 6.07) is 11.0. The Morgan fingerprint density at radius 2 is 1.93 bits per heavy atom. The van der Waals surface area contributed by atoms with E-state index in [2.05, 4.69) is 9.62 Å². The van der Waals surface area contributed by atoms with Crippen LogP contribution in [-0.2, 0) is 15.8 Å². The normalized spacial score (nSPS) is 16.2. The van der Waals surface area contributed by atoms with Crippen molar-refractivity contribution in [2.24, 2.45) is 0 Å². The van der Waals surface area contributed by atoms with Gasteiger partial charge in [-0.15, -0.1) is 0 Å². The van der Waals surface area contributed by atoms with Gasteiger partial charge in [-0.2, -0.15) is 0 Å². The molecule has 5 nitrogen and oxygen atoms in total. The predicted octanol–water partition coefficient (Wildman–Crippen LogP) is 3.74. The Morgan fingerprint density at radius 3 is 2.61 bits per heavy atom. The van der Waals surface area contributed by atoms with Crippen molar-refractivity contribution < 1.29 is 17.5 Å². The summed E-state index contributed by atoms with van der Waals surface area (Å²) in [7, 11) is -2.08. The maximum absolute atomic E-state index is 14.5. The van der Waals surface area contributed by atoms with E-state index in [0.717, 1.165) is 25.9 Å². The molecule has 1 N–H and O–H groups in total. The van der Waals surface area contributed by atoms with Gasteiger partial charge in [-0.1, -0.05) is 29.8 Å². The van der Waals surface area contributed by atoms with Gasteiger partial charge < -0.3 is 4.74 Å². The average molecular weight is 427 g/mol. The van der Waals surface area contributed by atoms with E-state index in [0.29, 0.717) is 21.9 Å². The van der Waals surface area contributed by atoms with Gasteiger partial charge in [0.1, 0.15) is 11.6 Å². The van der Waals surface area contributed by atoms with Crippen molar-refractivity contribution in [1.29, 1.82) is 0 Å². The zero-order valence-electron chi connectivity index (χ0n) is 15.7. The summed E-state index contributed by atoms with van der Waals surface area (Å²) in [6.45, 7) is 1.63. The zero-order valence-corrected chi connectivity index (χ0v) is 17.3. The molecule has 1 aliphatic rings. The summed E-state index contributed by atoms with van der Waals surface area (Å²) in [5.41, 5.74) is 0.962. The Kier molecular flexibility index (Phi) is 6.93. The second kappa shape index (κ2) is 9.22. The first-order chi connectivity index (χ1) is 13.4. The van der Waals surface area contributed by atoms with E-state index in [9.17, 15) is 12.8 Å². The smallest absolute Gasteiger partial charge is 0.215 e. The second-order valence-corrected chi connectivity index (χ2v) is 9.07. The van der Waals surface area contributed by atoms with E-state index >= 15 is 0 Å². The van der Waals surface area contributed by atoms with Gasteiger partial charge in [0.25, 0.3) is 0 Å². The second-order valence-electron chi connectivity index (χ2n) is 6.85. The predicted molar refractivity (Wildman–Crippen MR) is 109 cm³/mol. The van der Waals surface area contributed by atoms with Crippen LogP contribution in [0, 0.1) is 5.82 Å². The van der Waals surface area contributed by atoms with Gasteiger partial charge in [0, 0.05) is 17.1 Å². The van der Waals surface area contributed by atoms with Crippen molar-refractivity contribution >= 4 is 21.6 Å². The molecule has 1 unspecified atom stereocenters. The summed E-state index contributed by atoms with van der Waals surface area (Å²) in [4.78, 5) is 2.08. The highest BCUT2D eigenvalue weighted by Crippen LogP contribution is 2.32. The van der Waals surface area contributed by atoms with E-state index in [1.807, 2.05) is 0 Å². The number of hydrogen-bond acceptors (Lipinski definition) is 4. The minimum absolute atomic E-state index is 0.0625. The van der Waals surface area contributed by atoms with Crippen LogP contribution in [-0.4, -0.2) is 40.1 Å². The monoisotopic (exact) mass is 426 g/mol. The minimum Gasteiger partial charge on any atom is -0.497 e. The lowest BCUT2D eigenvalue weighted by Gasteiger charge is -2.29. The van der Waals surface area contributed by atoms with Crippen molar-refractivity contribution in [3.63, 3.8) is 0 Å². The molecule has 1 heterocycles. The molecule has 3 rings (SSSR count). The molecule has 0 amide bonds. The standard InChI is InChI=1S/C20H24ClFN2O3S/c1-27-16-7-4-6-15(12-16)14-28(25,26)23-13-19(24-10-2-3-11-24)20-17(21)8-5-9-18(20)22/h4-9,12,19,23H,2-3,10-11,13-14H2,1H3. The number of hydrogen-bond donors (Lipinski definition) is 1. The number of benzene rings is 2. The molecule has 0 aliphatic carbocycles. The lowest BCUT2D eigenvalue weighted by molar-refractivity contribution is 0.241. The molecule has 2 aromatic rings. The largest absolute Gasteiger partial charge is 0.497 e. The number of ether oxygens (including phenoxy) is 1. The van der Waals surface area contributed by atoms with Crippen molar-refractivity contribution in [2.45, 2.75) is 24.6 Å². The van der Waals surface area contributed by atoms with Crippen LogP contribution in [0.2, 0.25) is 5.02 Å². The van der Waals surface area contributed by atoms with Gasteiger partial charge >= 0.3 is 0 Å². The van der Waals surface area contributed by atoms with Crippen LogP contribution in [0.25, 0.3) is 0 Å². The van der Waals surface area contributed by atoms with Crippen LogP contribution in [0.5, 0.6) is 5.75 Å². The molecule has 0 bridgehead atoms. The van der Waals surface area contributed by atoms with Crippen LogP contribution >= 0.6 is 11.6 Å². The number of methoxy groups -OCH3 is 1. The van der Waals surface area contributed by atoms with Crippen LogP contribution in [0.15, 0.2) is 42.5 Å². The van der Waals surface area contributed by atoms with E-state index in [1.54, 1.807) is 36.4 Å². The lowest BCUT2D eigenvalue weighted by atomic mass is 10.0. The van der Waals surface area contributed by atoms with Gasteiger partial charge in [0.2, 0.25) is 10.0 Å². The lowest BCUT2D eigenvalue weighted by Crippen LogP contribution is -2.37. The number of rotatable bonds is 8. The van der Waals surface area contributed by atoms with Gasteiger partial charge in [-0.05, 0) is 55.8 Å². The molecule has 1 saturated heterocycles. The summed E-state index contributed by atoms with van der Waals surface area (Å²) < 4.78 is 47.5. The van der Waals surface area contributed by atoms with Crippen LogP contribution in [0.3, 0.4) is 0 Å². The average Bonchev–Trinajstić information content (AvgIpc) is 3.18. The maximum atomic E-state index is 14.5. The SMILES string of the molecule is COc1cccc(CS(=O)(=O)NCC(c2c(F)cccc2Cl)N2CCCC2)c1. The summed E-state index contributed by atoms with van der Waals surface area (Å²) in [5.74, 6) is -0.000707. The number of likely N-dealkylation sites (tertiary alicyclic amines) is 1. The number of nitrogens with zero attached hydrogens (tertiary/aromatic N) is 1. The number of sulfonamides is 1. The van der Waals surface area contributed by atoms with Crippen molar-refractivity contribution in [2.75, 3.05) is 26.7 Å². The van der Waals surface area contributed by atoms with E-state index in [1.165, 1.54) is 13.2 Å². The zero-order chi connectivity index (χ0) is 20.1. The van der Waals surface area contributed by atoms with Crippen molar-refractivity contribution in [3.8, 4) is 5.75 Å². The molecular formula is C20H24ClFN2O3S. The Balaban J connectivity index is 1.77. The highest BCUT2D eigenvalue weighted by atomic mass is 35.5. The van der Waals surface area contributed by atoms with Crippen LogP contribution in [0.4, 0.5) is 4.39 Å². The molecule has 0 aromatic heterocycles. The Bertz CT molecular complexity index is 897. The summed E-state index contributed by atoms with van der Waals surface area (Å²) >= 11 is 6.26. The fraction of sp³-hybridized carbons (Fsp3) is 0.400. The van der Waals surface area contributed by atoms with E-state index in [-0.39, 0.29) is 12.3 Å². The molecule has 2 aromatic carbocycles. The Labute approximate surface area is 170 Å². The van der Waals surface area contributed by atoms with E-state index < -0.39 is 21.9 Å². The molecule has 1 fully saturated rings. The van der Waals surface area contributed by atoms with Gasteiger partial charge in [-0.25, -0.2) is 17.5 Å². The quantitative estimate of drug-likeness (QED) is 0.698. The van der Waals surface area contributed by atoms with E-state index in [4.69, 9.17) is 16.3 Å². The first-order valence-corrected chi connectivity index (χ1v) is 11.2. The molecule has 1 atom stereocenters. The first kappa shape index (κ1) is 21.0. The third-order valence-electron chi connectivity index (χ3n) is 4.90. The van der Waals surface area contributed by atoms with Crippen LogP contribution < -0.4 is 9.46 Å². The third kappa shape index (κ3) is 5.23. The molecular weight excluding hydrogens is 403 g/mol. The first-order valence-electron chi connectivity index (χ1n) is 9.18. The Hall–Kier alpha value is -1.67. The third-order valence-corrected chi connectivity index (χ3v) is 6.55. The molecule has 0 saturated carbocycles. The molecule has 8 heteroatoms. The molecule has 1 aliphatic heterocycles. The number of halogens is 2. The minimum atomic E-state index is -3.62.